The molecule has 1 heterocycles. The average Bonchev–Trinajstić information content (AvgIpc) is 0.792. The first-order chi connectivity index (χ1) is 46.4. The van der Waals surface area contributed by atoms with Gasteiger partial charge in [-0.2, -0.15) is 0 Å². The second-order valence-corrected chi connectivity index (χ2v) is 30.6. The number of ether oxygens (including phenoxy) is 4. The number of hydrogen-bond acceptors (Lipinski definition) is 5. The number of rotatable bonds is 18. The SMILES string of the molecule is C1CCOC1.COc1ccc(/C=C/C=C/c2ccccc2)cc1.COc1ccc(C[P+](c2ccccc2)(c2ccccc2)c2ccccc2)cc1.COc1ccc(C[P+](c2ccccc2)(c2ccccc2)c2ccccc2)cc1.F[P-](F)(F)(F)(F)F.O=C/C=C/c1ccccc1.[H-].[Na+]. The first kappa shape index (κ1) is 77.5. The zero-order valence-corrected chi connectivity index (χ0v) is 59.6. The van der Waals surface area contributed by atoms with Crippen molar-refractivity contribution in [2.24, 2.45) is 0 Å². The predicted octanol–water partition coefficient (Wildman–Crippen LogP) is 18.0. The van der Waals surface area contributed by atoms with E-state index in [0.717, 1.165) is 60.2 Å². The van der Waals surface area contributed by atoms with Crippen LogP contribution in [0.1, 0.15) is 42.1 Å². The Bertz CT molecular complexity index is 3680. The van der Waals surface area contributed by atoms with Gasteiger partial charge in [-0.05, 0) is 156 Å². The quantitative estimate of drug-likeness (QED) is 0.0214. The largest absolute Gasteiger partial charge is 1.00 e. The zero-order chi connectivity index (χ0) is 68.3. The van der Waals surface area contributed by atoms with Crippen LogP contribution in [0.4, 0.5) is 25.2 Å². The van der Waals surface area contributed by atoms with E-state index < -0.39 is 22.3 Å². The van der Waals surface area contributed by atoms with E-state index in [4.69, 9.17) is 18.9 Å². The Morgan fingerprint density at radius 1 is 0.340 bits per heavy atom. The fourth-order valence-corrected chi connectivity index (χ4v) is 18.9. The first-order valence-electron chi connectivity index (χ1n) is 31.1. The second kappa shape index (κ2) is 39.1. The van der Waals surface area contributed by atoms with E-state index in [9.17, 15) is 30.0 Å². The second-order valence-electron chi connectivity index (χ2n) is 21.7. The molecule has 97 heavy (non-hydrogen) atoms. The molecule has 12 rings (SSSR count). The molecule has 0 aliphatic carbocycles. The Balaban J connectivity index is 0.000000231. The minimum atomic E-state index is -10.7. The smallest absolute Gasteiger partial charge is 1.00 e. The van der Waals surface area contributed by atoms with Crippen LogP contribution < -0.4 is 75.6 Å². The van der Waals surface area contributed by atoms with E-state index in [1.165, 1.54) is 67.4 Å². The molecule has 0 spiro atoms. The minimum Gasteiger partial charge on any atom is -1.00 e. The van der Waals surface area contributed by atoms with Crippen molar-refractivity contribution in [1.82, 2.24) is 0 Å². The molecule has 5 nitrogen and oxygen atoms in total. The van der Waals surface area contributed by atoms with Crippen LogP contribution in [-0.4, -0.2) is 40.8 Å². The van der Waals surface area contributed by atoms with Crippen LogP contribution in [-0.2, 0) is 21.9 Å². The average molecular weight is 1380 g/mol. The molecule has 0 amide bonds. The fourth-order valence-electron chi connectivity index (χ4n) is 10.4. The Morgan fingerprint density at radius 2 is 0.557 bits per heavy atom. The maximum absolute atomic E-state index is 10.7. The summed E-state index contributed by atoms with van der Waals surface area (Å²) in [6.07, 6.45) is 16.8. The molecule has 0 N–H and O–H groups in total. The monoisotopic (exact) mass is 1380 g/mol. The van der Waals surface area contributed by atoms with E-state index in [1.54, 1.807) is 27.4 Å². The van der Waals surface area contributed by atoms with Crippen molar-refractivity contribution in [1.29, 1.82) is 0 Å². The van der Waals surface area contributed by atoms with Crippen molar-refractivity contribution < 1.29 is 79.9 Å². The third kappa shape index (κ3) is 27.2. The fraction of sp³-hybridized carbons (Fsp3) is 0.110. The van der Waals surface area contributed by atoms with E-state index >= 15 is 0 Å². The van der Waals surface area contributed by atoms with Crippen LogP contribution in [0.5, 0.6) is 17.2 Å². The molecule has 496 valence electrons. The third-order valence-electron chi connectivity index (χ3n) is 14.9. The summed E-state index contributed by atoms with van der Waals surface area (Å²) in [6, 6.07) is 111. The number of carbonyl (C=O) groups is 1. The van der Waals surface area contributed by atoms with E-state index in [0.29, 0.717) is 0 Å². The van der Waals surface area contributed by atoms with Crippen molar-refractivity contribution in [3.8, 4) is 17.2 Å². The number of allylic oxidation sites excluding steroid dienone is 3. The third-order valence-corrected chi connectivity index (χ3v) is 23.7. The van der Waals surface area contributed by atoms with Gasteiger partial charge in [-0.25, -0.2) is 0 Å². The molecule has 1 saturated heterocycles. The summed E-state index contributed by atoms with van der Waals surface area (Å²) in [7, 11) is -9.24. The Kier molecular flexibility index (Phi) is 31.2. The summed E-state index contributed by atoms with van der Waals surface area (Å²) in [5, 5.41) is 8.43. The van der Waals surface area contributed by atoms with Gasteiger partial charge >= 0.3 is 62.5 Å². The molecule has 0 saturated carbocycles. The van der Waals surface area contributed by atoms with Crippen molar-refractivity contribution in [2.75, 3.05) is 34.5 Å². The molecule has 0 bridgehead atoms. The van der Waals surface area contributed by atoms with Crippen LogP contribution in [0.25, 0.3) is 18.2 Å². The predicted molar refractivity (Wildman–Crippen MR) is 397 cm³/mol. The molecule has 11 aromatic rings. The van der Waals surface area contributed by atoms with Gasteiger partial charge in [0.15, 0.2) is 0 Å². The van der Waals surface area contributed by atoms with Crippen molar-refractivity contribution in [2.45, 2.75) is 25.2 Å². The van der Waals surface area contributed by atoms with Gasteiger partial charge in [-0.3, -0.25) is 4.79 Å². The number of aldehydes is 1. The topological polar surface area (TPSA) is 54.0 Å². The van der Waals surface area contributed by atoms with Crippen LogP contribution in [0.3, 0.4) is 0 Å². The number of methoxy groups -OCH3 is 3. The zero-order valence-electron chi connectivity index (χ0n) is 56.0. The summed E-state index contributed by atoms with van der Waals surface area (Å²) >= 11 is 0. The molecule has 0 unspecified atom stereocenters. The van der Waals surface area contributed by atoms with E-state index in [-0.39, 0.29) is 31.0 Å². The molecular weight excluding hydrogens is 1290 g/mol. The van der Waals surface area contributed by atoms with E-state index in [2.05, 4.69) is 255 Å². The maximum atomic E-state index is 9.89. The van der Waals surface area contributed by atoms with Crippen molar-refractivity contribution in [3.63, 3.8) is 0 Å². The van der Waals surface area contributed by atoms with Crippen LogP contribution >= 0.6 is 22.3 Å². The summed E-state index contributed by atoms with van der Waals surface area (Å²) in [5.74, 6) is 2.67. The Labute approximate surface area is 592 Å². The Morgan fingerprint density at radius 3 is 0.773 bits per heavy atom. The molecule has 1 aliphatic heterocycles. The standard InChI is InChI=1S/2C26H24OP.C17H16O.C9H8O.C4H8O.F6P.Na.H/c2*1-27-23-19-17-22(18-20-23)21-28(24-11-5-2-6-12-24,25-13-7-3-8-14-25)26-15-9-4-10-16-26;1-18-17-13-11-16(12-14-17)10-6-5-9-15-7-3-2-4-8-15;10-8-4-7-9-5-2-1-3-6-9;1-2-4-5-3-1;1-7(2,3,4,5)6;;/h2*2-20H,21H2,1H3;2-14H,1H3;1-8H;1-4H2;;;/q2*+1;;;;-1;+1;-1/b;;9-5+,10-6+;7-4+;;;;. The molecule has 0 atom stereocenters. The molecule has 0 aromatic heterocycles. The van der Waals surface area contributed by atoms with Crippen molar-refractivity contribution in [3.05, 3.63) is 361 Å². The normalized spacial score (nSPS) is 12.5. The molecule has 11 aromatic carbocycles. The van der Waals surface area contributed by atoms with Crippen LogP contribution in [0.2, 0.25) is 0 Å². The van der Waals surface area contributed by atoms with Crippen LogP contribution in [0.15, 0.2) is 334 Å². The van der Waals surface area contributed by atoms with Crippen molar-refractivity contribution >= 4 is 78.7 Å². The summed E-state index contributed by atoms with van der Waals surface area (Å²) in [4.78, 5) is 9.89. The number of carbonyl (C=O) groups excluding carboxylic acids is 1. The van der Waals surface area contributed by atoms with Gasteiger partial charge in [-0.1, -0.05) is 237 Å². The van der Waals surface area contributed by atoms with Gasteiger partial charge in [0.2, 0.25) is 0 Å². The van der Waals surface area contributed by atoms with Gasteiger partial charge in [0.05, 0.1) is 33.7 Å². The van der Waals surface area contributed by atoms with Gasteiger partial charge in [0.25, 0.3) is 0 Å². The summed E-state index contributed by atoms with van der Waals surface area (Å²) in [5.41, 5.74) is 6.07. The molecule has 0 radical (unpaired) electrons. The number of halogens is 6. The van der Waals surface area contributed by atoms with E-state index in [1.807, 2.05) is 84.9 Å². The summed E-state index contributed by atoms with van der Waals surface area (Å²) < 4.78 is 80.0. The maximum Gasteiger partial charge on any atom is 1.00 e. The Hall–Kier alpha value is -8.46. The van der Waals surface area contributed by atoms with Gasteiger partial charge < -0.3 is 20.4 Å². The number of benzene rings is 11. The van der Waals surface area contributed by atoms with Gasteiger partial charge in [0.1, 0.15) is 69.9 Å². The minimum absolute atomic E-state index is 0. The molecule has 1 fully saturated rings. The molecular formula is C82H81F6NaO5P3+. The summed E-state index contributed by atoms with van der Waals surface area (Å²) in [6.45, 7) is 2.00. The first-order valence-corrected chi connectivity index (χ1v) is 37.1. The molecule has 15 heteroatoms. The number of hydrogen-bond donors (Lipinski definition) is 0. The van der Waals surface area contributed by atoms with Gasteiger partial charge in [0, 0.05) is 13.2 Å². The molecule has 1 aliphatic rings. The van der Waals surface area contributed by atoms with Gasteiger partial charge in [-0.15, -0.1) is 0 Å². The van der Waals surface area contributed by atoms with Crippen LogP contribution in [0, 0.1) is 0 Å².